The van der Waals surface area contributed by atoms with Crippen LogP contribution in [-0.2, 0) is 9.47 Å². The number of nitrogens with zero attached hydrogens (tertiary/aromatic N) is 2. The molecule has 2 rings (SSSR count). The van der Waals surface area contributed by atoms with E-state index in [4.69, 9.17) is 13.9 Å². The number of aliphatic imine (C=N–C) groups is 1. The van der Waals surface area contributed by atoms with Gasteiger partial charge < -0.3 is 29.4 Å². The fourth-order valence-electron chi connectivity index (χ4n) is 3.20. The van der Waals surface area contributed by atoms with Gasteiger partial charge in [0.25, 0.3) is 5.91 Å². The number of nitrogens with one attached hydrogen (secondary N) is 2. The molecule has 1 aliphatic heterocycles. The van der Waals surface area contributed by atoms with E-state index in [1.54, 1.807) is 20.2 Å². The third-order valence-corrected chi connectivity index (χ3v) is 4.79. The van der Waals surface area contributed by atoms with Crippen molar-refractivity contribution in [1.82, 2.24) is 15.5 Å². The van der Waals surface area contributed by atoms with Crippen LogP contribution in [0.4, 0.5) is 0 Å². The fraction of sp³-hybridized carbons (Fsp3) is 0.700. The van der Waals surface area contributed by atoms with Crippen LogP contribution in [-0.4, -0.2) is 76.4 Å². The standard InChI is InChI=1S/C20H34N4O4/c1-16-8-15-28-18(16)19(25)22-9-4-10-23-20(21-2)24-11-6-17(7-12-24)27-14-5-13-26-3/h8,15,17H,4-7,9-14H2,1-3H3,(H,21,23)(H,22,25). The van der Waals surface area contributed by atoms with E-state index >= 15 is 0 Å². The lowest BCUT2D eigenvalue weighted by Crippen LogP contribution is -2.47. The maximum absolute atomic E-state index is 12.0. The molecule has 158 valence electrons. The molecule has 0 radical (unpaired) electrons. The number of carbonyl (C=O) groups is 1. The van der Waals surface area contributed by atoms with Crippen LogP contribution in [0.25, 0.3) is 0 Å². The van der Waals surface area contributed by atoms with Crippen LogP contribution in [0.15, 0.2) is 21.7 Å². The Bertz CT molecular complexity index is 609. The maximum atomic E-state index is 12.0. The van der Waals surface area contributed by atoms with Gasteiger partial charge in [-0.1, -0.05) is 0 Å². The summed E-state index contributed by atoms with van der Waals surface area (Å²) < 4.78 is 16.1. The van der Waals surface area contributed by atoms with Crippen molar-refractivity contribution in [3.8, 4) is 0 Å². The fourth-order valence-corrected chi connectivity index (χ4v) is 3.20. The number of piperidine rings is 1. The molecule has 0 aliphatic carbocycles. The Morgan fingerprint density at radius 3 is 2.64 bits per heavy atom. The number of rotatable bonds is 10. The van der Waals surface area contributed by atoms with Gasteiger partial charge in [0, 0.05) is 59.1 Å². The first-order chi connectivity index (χ1) is 13.7. The summed E-state index contributed by atoms with van der Waals surface area (Å²) in [5, 5.41) is 6.26. The quantitative estimate of drug-likeness (QED) is 0.357. The minimum Gasteiger partial charge on any atom is -0.459 e. The molecule has 0 saturated carbocycles. The monoisotopic (exact) mass is 394 g/mol. The summed E-state index contributed by atoms with van der Waals surface area (Å²) in [6, 6.07) is 1.79. The summed E-state index contributed by atoms with van der Waals surface area (Å²) in [4.78, 5) is 18.6. The third-order valence-electron chi connectivity index (χ3n) is 4.79. The van der Waals surface area contributed by atoms with E-state index < -0.39 is 0 Å². The topological polar surface area (TPSA) is 88.3 Å². The Hall–Kier alpha value is -2.06. The van der Waals surface area contributed by atoms with Gasteiger partial charge in [-0.15, -0.1) is 0 Å². The van der Waals surface area contributed by atoms with Crippen molar-refractivity contribution in [1.29, 1.82) is 0 Å². The van der Waals surface area contributed by atoms with Gasteiger partial charge in [-0.3, -0.25) is 9.79 Å². The first-order valence-corrected chi connectivity index (χ1v) is 10.0. The van der Waals surface area contributed by atoms with Gasteiger partial charge >= 0.3 is 0 Å². The van der Waals surface area contributed by atoms with Crippen LogP contribution in [0.3, 0.4) is 0 Å². The van der Waals surface area contributed by atoms with Crippen LogP contribution >= 0.6 is 0 Å². The zero-order valence-corrected chi connectivity index (χ0v) is 17.3. The molecule has 1 aliphatic rings. The van der Waals surface area contributed by atoms with E-state index in [1.807, 2.05) is 6.92 Å². The molecule has 0 spiro atoms. The molecule has 8 heteroatoms. The van der Waals surface area contributed by atoms with E-state index in [0.29, 0.717) is 18.4 Å². The van der Waals surface area contributed by atoms with Crippen LogP contribution in [0.1, 0.15) is 41.8 Å². The van der Waals surface area contributed by atoms with Gasteiger partial charge in [0.05, 0.1) is 12.4 Å². The number of hydrogen-bond acceptors (Lipinski definition) is 5. The number of ether oxygens (including phenoxy) is 2. The second-order valence-corrected chi connectivity index (χ2v) is 6.92. The van der Waals surface area contributed by atoms with Gasteiger partial charge in [-0.2, -0.15) is 0 Å². The van der Waals surface area contributed by atoms with Crippen molar-refractivity contribution in [3.63, 3.8) is 0 Å². The predicted octanol–water partition coefficient (Wildman–Crippen LogP) is 1.80. The Morgan fingerprint density at radius 1 is 1.25 bits per heavy atom. The molecule has 1 aromatic heterocycles. The van der Waals surface area contributed by atoms with Crippen LogP contribution < -0.4 is 10.6 Å². The van der Waals surface area contributed by atoms with Crippen molar-refractivity contribution in [2.75, 3.05) is 53.6 Å². The molecule has 1 fully saturated rings. The third kappa shape index (κ3) is 7.16. The number of hydrogen-bond donors (Lipinski definition) is 2. The number of likely N-dealkylation sites (tertiary alicyclic amines) is 1. The molecule has 0 unspecified atom stereocenters. The largest absolute Gasteiger partial charge is 0.459 e. The summed E-state index contributed by atoms with van der Waals surface area (Å²) in [7, 11) is 3.52. The second-order valence-electron chi connectivity index (χ2n) is 6.92. The van der Waals surface area contributed by atoms with Gasteiger partial charge in [-0.05, 0) is 38.7 Å². The second kappa shape index (κ2) is 12.4. The van der Waals surface area contributed by atoms with E-state index in [-0.39, 0.29) is 5.91 Å². The molecular formula is C20H34N4O4. The van der Waals surface area contributed by atoms with Gasteiger partial charge in [0.1, 0.15) is 0 Å². The van der Waals surface area contributed by atoms with E-state index in [2.05, 4.69) is 20.5 Å². The highest BCUT2D eigenvalue weighted by Gasteiger charge is 2.21. The number of methoxy groups -OCH3 is 1. The molecule has 1 amide bonds. The zero-order valence-electron chi connectivity index (χ0n) is 17.3. The average molecular weight is 395 g/mol. The van der Waals surface area contributed by atoms with Crippen molar-refractivity contribution in [2.45, 2.75) is 38.7 Å². The summed E-state index contributed by atoms with van der Waals surface area (Å²) in [5.74, 6) is 1.13. The molecule has 28 heavy (non-hydrogen) atoms. The lowest BCUT2D eigenvalue weighted by atomic mass is 10.1. The molecule has 0 bridgehead atoms. The molecular weight excluding hydrogens is 360 g/mol. The van der Waals surface area contributed by atoms with Gasteiger partial charge in [-0.25, -0.2) is 0 Å². The molecule has 8 nitrogen and oxygen atoms in total. The molecule has 1 aromatic rings. The van der Waals surface area contributed by atoms with E-state index in [1.165, 1.54) is 6.26 Å². The Morgan fingerprint density at radius 2 is 2.00 bits per heavy atom. The van der Waals surface area contributed by atoms with Crippen molar-refractivity contribution >= 4 is 11.9 Å². The zero-order chi connectivity index (χ0) is 20.2. The van der Waals surface area contributed by atoms with Crippen LogP contribution in [0.5, 0.6) is 0 Å². The summed E-state index contributed by atoms with van der Waals surface area (Å²) in [5.41, 5.74) is 0.849. The summed E-state index contributed by atoms with van der Waals surface area (Å²) >= 11 is 0. The minimum absolute atomic E-state index is 0.167. The molecule has 2 heterocycles. The van der Waals surface area contributed by atoms with Gasteiger partial charge in [0.15, 0.2) is 11.7 Å². The SMILES string of the molecule is CN=C(NCCCNC(=O)c1occc1C)N1CCC(OCCCOC)CC1. The number of aryl methyl sites for hydroxylation is 1. The Labute approximate surface area is 167 Å². The Kier molecular flexibility index (Phi) is 9.85. The summed E-state index contributed by atoms with van der Waals surface area (Å²) in [6.07, 6.45) is 5.62. The number of guanidine groups is 1. The van der Waals surface area contributed by atoms with E-state index in [9.17, 15) is 4.79 Å². The van der Waals surface area contributed by atoms with Crippen LogP contribution in [0.2, 0.25) is 0 Å². The van der Waals surface area contributed by atoms with Gasteiger partial charge in [0.2, 0.25) is 0 Å². The lowest BCUT2D eigenvalue weighted by molar-refractivity contribution is 0.00991. The first-order valence-electron chi connectivity index (χ1n) is 10.0. The summed E-state index contributed by atoms with van der Waals surface area (Å²) in [6.45, 7) is 6.56. The lowest BCUT2D eigenvalue weighted by Gasteiger charge is -2.34. The van der Waals surface area contributed by atoms with Crippen molar-refractivity contribution < 1.29 is 18.7 Å². The first kappa shape index (κ1) is 22.2. The van der Waals surface area contributed by atoms with E-state index in [0.717, 1.165) is 70.1 Å². The van der Waals surface area contributed by atoms with Crippen molar-refractivity contribution in [2.24, 2.45) is 4.99 Å². The Balaban J connectivity index is 1.59. The number of amides is 1. The smallest absolute Gasteiger partial charge is 0.287 e. The normalized spacial score (nSPS) is 15.7. The highest BCUT2D eigenvalue weighted by molar-refractivity contribution is 5.92. The van der Waals surface area contributed by atoms with Crippen molar-refractivity contribution in [3.05, 3.63) is 23.7 Å². The highest BCUT2D eigenvalue weighted by atomic mass is 16.5. The highest BCUT2D eigenvalue weighted by Crippen LogP contribution is 2.14. The minimum atomic E-state index is -0.167. The molecule has 2 N–H and O–H groups in total. The molecule has 0 aromatic carbocycles. The molecule has 1 saturated heterocycles. The number of furan rings is 1. The average Bonchev–Trinajstić information content (AvgIpc) is 3.14. The molecule has 0 atom stereocenters. The maximum Gasteiger partial charge on any atom is 0.287 e. The number of carbonyl (C=O) groups excluding carboxylic acids is 1. The predicted molar refractivity (Wildman–Crippen MR) is 109 cm³/mol. The van der Waals surface area contributed by atoms with Crippen LogP contribution in [0, 0.1) is 6.92 Å².